The van der Waals surface area contributed by atoms with Crippen molar-refractivity contribution in [3.05, 3.63) is 96.3 Å². The van der Waals surface area contributed by atoms with Gasteiger partial charge in [0.05, 0.1) is 11.4 Å². The van der Waals surface area contributed by atoms with Gasteiger partial charge in [-0.2, -0.15) is 0 Å². The molecule has 3 aromatic rings. The minimum atomic E-state index is -0.802. The van der Waals surface area contributed by atoms with Crippen molar-refractivity contribution >= 4 is 29.1 Å². The molecule has 7 nitrogen and oxygen atoms in total. The average Bonchev–Trinajstić information content (AvgIpc) is 2.84. The molecule has 0 aromatic heterocycles. The number of phenolic OH excluding ortho intramolecular Hbond substituents is 1. The first-order chi connectivity index (χ1) is 16.8. The van der Waals surface area contributed by atoms with Gasteiger partial charge in [-0.1, -0.05) is 49.4 Å². The van der Waals surface area contributed by atoms with Gasteiger partial charge in [0.15, 0.2) is 11.6 Å². The molecular weight excluding hydrogens is 449 g/mol. The molecule has 0 radical (unpaired) electrons. The number of nitrogens with one attached hydrogen (secondary N) is 2. The van der Waals surface area contributed by atoms with E-state index in [9.17, 15) is 19.1 Å². The first kappa shape index (κ1) is 25.3. The number of benzene rings is 3. The quantitative estimate of drug-likeness (QED) is 0.222. The number of phenols is 1. The van der Waals surface area contributed by atoms with Crippen LogP contribution in [0.2, 0.25) is 0 Å². The molecule has 0 spiro atoms. The Kier molecular flexibility index (Phi) is 8.83. The summed E-state index contributed by atoms with van der Waals surface area (Å²) < 4.78 is 19.7. The fourth-order valence-electron chi connectivity index (χ4n) is 3.48. The van der Waals surface area contributed by atoms with Crippen molar-refractivity contribution in [2.24, 2.45) is 5.92 Å². The molecular formula is C27H28FN3O4. The number of nitrogens with two attached hydrogens (primary N) is 1. The number of hydrogen-bond donors (Lipinski definition) is 4. The second-order valence-corrected chi connectivity index (χ2v) is 8.06. The molecule has 0 heterocycles. The summed E-state index contributed by atoms with van der Waals surface area (Å²) in [6, 6.07) is 19.7. The number of aromatic hydroxyl groups is 1. The summed E-state index contributed by atoms with van der Waals surface area (Å²) in [6.07, 6.45) is 2.72. The molecule has 0 saturated heterocycles. The second kappa shape index (κ2) is 12.2. The predicted molar refractivity (Wildman–Crippen MR) is 134 cm³/mol. The molecule has 0 aliphatic heterocycles. The van der Waals surface area contributed by atoms with E-state index in [-0.39, 0.29) is 11.8 Å². The van der Waals surface area contributed by atoms with Gasteiger partial charge < -0.3 is 20.9 Å². The van der Waals surface area contributed by atoms with Gasteiger partial charge in [-0.25, -0.2) is 9.18 Å². The number of nitrogen functional groups attached to an aromatic ring is 1. The number of carbonyl (C=O) groups excluding carboxylic acids is 2. The van der Waals surface area contributed by atoms with Gasteiger partial charge in [0.1, 0.15) is 6.10 Å². The minimum Gasteiger partial charge on any atom is -0.505 e. The summed E-state index contributed by atoms with van der Waals surface area (Å²) in [6.45, 7) is 1.86. The largest absolute Gasteiger partial charge is 0.505 e. The summed E-state index contributed by atoms with van der Waals surface area (Å²) in [5.41, 5.74) is 7.81. The van der Waals surface area contributed by atoms with Crippen LogP contribution in [0.5, 0.6) is 5.75 Å². The Morgan fingerprint density at radius 3 is 2.49 bits per heavy atom. The zero-order valence-electron chi connectivity index (χ0n) is 19.3. The van der Waals surface area contributed by atoms with Gasteiger partial charge in [-0.3, -0.25) is 10.1 Å². The molecule has 0 aliphatic carbocycles. The zero-order chi connectivity index (χ0) is 25.2. The van der Waals surface area contributed by atoms with Gasteiger partial charge in [0.2, 0.25) is 5.91 Å². The highest BCUT2D eigenvalue weighted by atomic mass is 19.1. The van der Waals surface area contributed by atoms with Crippen molar-refractivity contribution in [2.75, 3.05) is 16.4 Å². The number of amides is 2. The summed E-state index contributed by atoms with van der Waals surface area (Å²) >= 11 is 0. The van der Waals surface area contributed by atoms with Crippen LogP contribution in [0.3, 0.4) is 0 Å². The molecule has 5 N–H and O–H groups in total. The van der Waals surface area contributed by atoms with E-state index in [1.165, 1.54) is 18.2 Å². The maximum atomic E-state index is 14.0. The van der Waals surface area contributed by atoms with Crippen LogP contribution < -0.4 is 16.4 Å². The fourth-order valence-corrected chi connectivity index (χ4v) is 3.48. The average molecular weight is 478 g/mol. The van der Waals surface area contributed by atoms with Gasteiger partial charge in [-0.05, 0) is 66.8 Å². The topological polar surface area (TPSA) is 114 Å². The Morgan fingerprint density at radius 1 is 1.06 bits per heavy atom. The van der Waals surface area contributed by atoms with Gasteiger partial charge in [0.25, 0.3) is 0 Å². The highest BCUT2D eigenvalue weighted by Gasteiger charge is 2.24. The molecule has 0 fully saturated rings. The zero-order valence-corrected chi connectivity index (χ0v) is 19.3. The standard InChI is InChI=1S/C27H28FN3O4/c1-18(9-5-8-14-25(33)31-23-13-7-6-12-22(23)29)26(19-15-16-24(32)21(28)17-19)35-27(34)30-20-10-3-2-4-11-20/h2-4,6-8,10-18,26,32H,5,9,29H2,1H3,(H,30,34)(H,31,33)/b14-8+/t18-,26-/m1/s1. The van der Waals surface area contributed by atoms with Crippen molar-refractivity contribution in [1.82, 2.24) is 0 Å². The number of halogens is 1. The van der Waals surface area contributed by atoms with Crippen LogP contribution in [0.15, 0.2) is 84.9 Å². The van der Waals surface area contributed by atoms with Crippen LogP contribution in [0, 0.1) is 11.7 Å². The molecule has 0 unspecified atom stereocenters. The van der Waals surface area contributed by atoms with Crippen molar-refractivity contribution in [3.63, 3.8) is 0 Å². The molecule has 35 heavy (non-hydrogen) atoms. The Hall–Kier alpha value is -4.33. The molecule has 0 bridgehead atoms. The van der Waals surface area contributed by atoms with Crippen molar-refractivity contribution in [1.29, 1.82) is 0 Å². The van der Waals surface area contributed by atoms with Crippen molar-refractivity contribution in [2.45, 2.75) is 25.9 Å². The van der Waals surface area contributed by atoms with E-state index < -0.39 is 23.8 Å². The number of para-hydroxylation sites is 3. The Labute approximate surface area is 203 Å². The third-order valence-electron chi connectivity index (χ3n) is 5.35. The smallest absolute Gasteiger partial charge is 0.412 e. The molecule has 8 heteroatoms. The van der Waals surface area contributed by atoms with Gasteiger partial charge in [-0.15, -0.1) is 0 Å². The number of rotatable bonds is 9. The summed E-state index contributed by atoms with van der Waals surface area (Å²) in [5, 5.41) is 14.9. The highest BCUT2D eigenvalue weighted by Crippen LogP contribution is 2.32. The third kappa shape index (κ3) is 7.60. The first-order valence-electron chi connectivity index (χ1n) is 11.2. The SMILES string of the molecule is C[C@H](CC/C=C/C(=O)Nc1ccccc1N)[C@@H](OC(=O)Nc1ccccc1)c1ccc(O)c(F)c1. The van der Waals surface area contributed by atoms with Crippen LogP contribution in [0.1, 0.15) is 31.4 Å². The van der Waals surface area contributed by atoms with Crippen LogP contribution in [0.4, 0.5) is 26.2 Å². The van der Waals surface area contributed by atoms with Crippen molar-refractivity contribution in [3.8, 4) is 5.75 Å². The first-order valence-corrected chi connectivity index (χ1v) is 11.2. The normalized spacial score (nSPS) is 12.6. The van der Waals surface area contributed by atoms with E-state index >= 15 is 0 Å². The van der Waals surface area contributed by atoms with Crippen LogP contribution in [0.25, 0.3) is 0 Å². The number of anilines is 3. The Bertz CT molecular complexity index is 1180. The van der Waals surface area contributed by atoms with Crippen LogP contribution in [-0.2, 0) is 9.53 Å². The molecule has 3 aromatic carbocycles. The predicted octanol–water partition coefficient (Wildman–Crippen LogP) is 6.01. The lowest BCUT2D eigenvalue weighted by molar-refractivity contribution is -0.111. The number of ether oxygens (including phenoxy) is 1. The fraction of sp³-hybridized carbons (Fsp3) is 0.185. The van der Waals surface area contributed by atoms with E-state index in [1.807, 2.05) is 13.0 Å². The van der Waals surface area contributed by atoms with Crippen LogP contribution in [-0.4, -0.2) is 17.1 Å². The van der Waals surface area contributed by atoms with Gasteiger partial charge >= 0.3 is 6.09 Å². The lowest BCUT2D eigenvalue weighted by Gasteiger charge is -2.24. The van der Waals surface area contributed by atoms with E-state index in [0.717, 1.165) is 6.07 Å². The molecule has 0 aliphatic rings. The number of allylic oxidation sites excluding steroid dienone is 1. The van der Waals surface area contributed by atoms with Crippen LogP contribution >= 0.6 is 0 Å². The Balaban J connectivity index is 1.63. The molecule has 3 rings (SSSR count). The molecule has 0 saturated carbocycles. The number of carbonyl (C=O) groups is 2. The van der Waals surface area contributed by atoms with E-state index in [1.54, 1.807) is 54.6 Å². The monoisotopic (exact) mass is 477 g/mol. The molecule has 2 amide bonds. The summed E-state index contributed by atoms with van der Waals surface area (Å²) in [7, 11) is 0. The summed E-state index contributed by atoms with van der Waals surface area (Å²) in [5.74, 6) is -1.82. The number of hydrogen-bond acceptors (Lipinski definition) is 5. The second-order valence-electron chi connectivity index (χ2n) is 8.06. The highest BCUT2D eigenvalue weighted by molar-refractivity contribution is 6.01. The van der Waals surface area contributed by atoms with E-state index in [4.69, 9.17) is 10.5 Å². The third-order valence-corrected chi connectivity index (χ3v) is 5.35. The maximum absolute atomic E-state index is 14.0. The van der Waals surface area contributed by atoms with E-state index in [0.29, 0.717) is 35.5 Å². The minimum absolute atomic E-state index is 0.224. The summed E-state index contributed by atoms with van der Waals surface area (Å²) in [4.78, 5) is 24.7. The van der Waals surface area contributed by atoms with Gasteiger partial charge in [0, 0.05) is 5.69 Å². The maximum Gasteiger partial charge on any atom is 0.412 e. The Morgan fingerprint density at radius 2 is 1.77 bits per heavy atom. The van der Waals surface area contributed by atoms with Crippen molar-refractivity contribution < 1.29 is 23.8 Å². The molecule has 2 atom stereocenters. The van der Waals surface area contributed by atoms with E-state index in [2.05, 4.69) is 10.6 Å². The lowest BCUT2D eigenvalue weighted by atomic mass is 9.93. The lowest BCUT2D eigenvalue weighted by Crippen LogP contribution is -2.22. The molecule has 182 valence electrons.